The maximum absolute atomic E-state index is 11.7. The minimum Gasteiger partial charge on any atom is -0.464 e. The normalized spacial score (nSPS) is 16.2. The molecular formula is C10H10N2O4S. The van der Waals surface area contributed by atoms with Crippen LogP contribution in [0.4, 0.5) is 0 Å². The van der Waals surface area contributed by atoms with Crippen LogP contribution in [0.2, 0.25) is 0 Å². The van der Waals surface area contributed by atoms with Gasteiger partial charge in [0.15, 0.2) is 5.71 Å². The molecule has 2 N–H and O–H groups in total. The predicted octanol–water partition coefficient (Wildman–Crippen LogP) is -0.190. The highest BCUT2D eigenvalue weighted by molar-refractivity contribution is 7.90. The zero-order valence-corrected chi connectivity index (χ0v) is 9.82. The molecule has 1 aromatic rings. The Morgan fingerprint density at radius 2 is 2.18 bits per heavy atom. The van der Waals surface area contributed by atoms with E-state index in [9.17, 15) is 13.2 Å². The standard InChI is InChI=1S/C10H10N2O4S/c1-16-10(13)9-7-4-6(5-11)2-3-8(7)17(14,15)12-9/h2-4H,5,11H2,1H3. The number of ether oxygens (including phenoxy) is 1. The molecule has 0 amide bonds. The van der Waals surface area contributed by atoms with Gasteiger partial charge >= 0.3 is 5.97 Å². The lowest BCUT2D eigenvalue weighted by Gasteiger charge is -2.02. The van der Waals surface area contributed by atoms with Gasteiger partial charge in [0.25, 0.3) is 10.0 Å². The highest BCUT2D eigenvalue weighted by Crippen LogP contribution is 2.27. The second-order valence-corrected chi connectivity index (χ2v) is 5.01. The first-order valence-electron chi connectivity index (χ1n) is 4.76. The topological polar surface area (TPSA) is 98.8 Å². The summed E-state index contributed by atoms with van der Waals surface area (Å²) >= 11 is 0. The van der Waals surface area contributed by atoms with Crippen molar-refractivity contribution in [1.82, 2.24) is 0 Å². The van der Waals surface area contributed by atoms with E-state index in [4.69, 9.17) is 5.73 Å². The number of nitrogens with zero attached hydrogens (tertiary/aromatic N) is 1. The van der Waals surface area contributed by atoms with E-state index in [1.54, 1.807) is 6.07 Å². The molecule has 0 aromatic heterocycles. The molecule has 0 bridgehead atoms. The van der Waals surface area contributed by atoms with Gasteiger partial charge in [-0.2, -0.15) is 12.8 Å². The van der Waals surface area contributed by atoms with E-state index < -0.39 is 16.0 Å². The number of sulfonamides is 1. The molecule has 17 heavy (non-hydrogen) atoms. The number of carbonyl (C=O) groups is 1. The van der Waals surface area contributed by atoms with Crippen LogP contribution < -0.4 is 5.73 Å². The van der Waals surface area contributed by atoms with Crippen molar-refractivity contribution in [3.05, 3.63) is 29.3 Å². The molecule has 1 aliphatic heterocycles. The van der Waals surface area contributed by atoms with Gasteiger partial charge in [-0.1, -0.05) is 6.07 Å². The zero-order chi connectivity index (χ0) is 12.6. The third-order valence-corrected chi connectivity index (χ3v) is 3.74. The number of hydrogen-bond acceptors (Lipinski definition) is 5. The molecule has 0 atom stereocenters. The van der Waals surface area contributed by atoms with Crippen molar-refractivity contribution in [2.45, 2.75) is 11.4 Å². The number of methoxy groups -OCH3 is 1. The van der Waals surface area contributed by atoms with Gasteiger partial charge in [-0.25, -0.2) is 4.79 Å². The Kier molecular flexibility index (Phi) is 2.72. The summed E-state index contributed by atoms with van der Waals surface area (Å²) in [5.41, 5.74) is 6.23. The van der Waals surface area contributed by atoms with Gasteiger partial charge in [0.1, 0.15) is 0 Å². The summed E-state index contributed by atoms with van der Waals surface area (Å²) in [6, 6.07) is 4.52. The second kappa shape index (κ2) is 3.94. The molecule has 1 aromatic carbocycles. The average Bonchev–Trinajstić information content (AvgIpc) is 2.60. The summed E-state index contributed by atoms with van der Waals surface area (Å²) < 4.78 is 31.2. The van der Waals surface area contributed by atoms with E-state index in [0.717, 1.165) is 5.56 Å². The molecule has 0 saturated carbocycles. The zero-order valence-electron chi connectivity index (χ0n) is 9.00. The van der Waals surface area contributed by atoms with Crippen LogP contribution in [0.15, 0.2) is 27.5 Å². The lowest BCUT2D eigenvalue weighted by Crippen LogP contribution is -2.15. The van der Waals surface area contributed by atoms with Crippen molar-refractivity contribution in [2.24, 2.45) is 10.1 Å². The van der Waals surface area contributed by atoms with Crippen LogP contribution >= 0.6 is 0 Å². The summed E-state index contributed by atoms with van der Waals surface area (Å²) in [5.74, 6) is -0.776. The van der Waals surface area contributed by atoms with Gasteiger partial charge in [-0.3, -0.25) is 0 Å². The minimum absolute atomic E-state index is 0.00935. The fraction of sp³-hybridized carbons (Fsp3) is 0.200. The van der Waals surface area contributed by atoms with Crippen LogP contribution in [0.3, 0.4) is 0 Å². The van der Waals surface area contributed by atoms with Crippen molar-refractivity contribution in [1.29, 1.82) is 0 Å². The average molecular weight is 254 g/mol. The van der Waals surface area contributed by atoms with Crippen LogP contribution in [-0.2, 0) is 26.1 Å². The smallest absolute Gasteiger partial charge is 0.358 e. The van der Waals surface area contributed by atoms with Crippen molar-refractivity contribution in [2.75, 3.05) is 7.11 Å². The van der Waals surface area contributed by atoms with Crippen LogP contribution in [0, 0.1) is 0 Å². The maximum Gasteiger partial charge on any atom is 0.358 e. The Labute approximate surface area is 98.2 Å². The third-order valence-electron chi connectivity index (χ3n) is 2.40. The molecule has 0 radical (unpaired) electrons. The van der Waals surface area contributed by atoms with Gasteiger partial charge in [0, 0.05) is 12.1 Å². The molecule has 1 heterocycles. The largest absolute Gasteiger partial charge is 0.464 e. The fourth-order valence-electron chi connectivity index (χ4n) is 1.58. The summed E-state index contributed by atoms with van der Waals surface area (Å²) in [7, 11) is -2.62. The van der Waals surface area contributed by atoms with E-state index in [0.29, 0.717) is 0 Å². The molecular weight excluding hydrogens is 244 g/mol. The van der Waals surface area contributed by atoms with Crippen LogP contribution in [0.5, 0.6) is 0 Å². The number of benzene rings is 1. The molecule has 0 unspecified atom stereocenters. The van der Waals surface area contributed by atoms with E-state index in [1.807, 2.05) is 0 Å². The third kappa shape index (κ3) is 1.83. The number of carbonyl (C=O) groups excluding carboxylic acids is 1. The molecule has 0 fully saturated rings. The van der Waals surface area contributed by atoms with Crippen molar-refractivity contribution in [3.8, 4) is 0 Å². The molecule has 0 aliphatic carbocycles. The van der Waals surface area contributed by atoms with Gasteiger partial charge < -0.3 is 10.5 Å². The Morgan fingerprint density at radius 3 is 2.76 bits per heavy atom. The Bertz CT molecular complexity index is 619. The van der Waals surface area contributed by atoms with E-state index in [-0.39, 0.29) is 22.7 Å². The number of esters is 1. The van der Waals surface area contributed by atoms with Crippen LogP contribution in [-0.4, -0.2) is 27.2 Å². The first-order valence-corrected chi connectivity index (χ1v) is 6.20. The van der Waals surface area contributed by atoms with E-state index in [1.165, 1.54) is 19.2 Å². The van der Waals surface area contributed by atoms with E-state index >= 15 is 0 Å². The quantitative estimate of drug-likeness (QED) is 0.737. The number of rotatable bonds is 2. The molecule has 0 spiro atoms. The predicted molar refractivity (Wildman–Crippen MR) is 60.1 cm³/mol. The summed E-state index contributed by atoms with van der Waals surface area (Å²) in [6.07, 6.45) is 0. The molecule has 0 saturated heterocycles. The summed E-state index contributed by atoms with van der Waals surface area (Å²) in [6.45, 7) is 0.252. The molecule has 90 valence electrons. The molecule has 7 heteroatoms. The number of fused-ring (bicyclic) bond motifs is 1. The first-order chi connectivity index (χ1) is 7.99. The molecule has 6 nitrogen and oxygen atoms in total. The lowest BCUT2D eigenvalue weighted by molar-refractivity contribution is -0.132. The van der Waals surface area contributed by atoms with Gasteiger partial charge in [0.2, 0.25) is 0 Å². The fourth-order valence-corrected chi connectivity index (χ4v) is 2.76. The highest BCUT2D eigenvalue weighted by Gasteiger charge is 2.33. The lowest BCUT2D eigenvalue weighted by atomic mass is 10.1. The van der Waals surface area contributed by atoms with E-state index in [2.05, 4.69) is 9.13 Å². The van der Waals surface area contributed by atoms with Crippen LogP contribution in [0.1, 0.15) is 11.1 Å². The summed E-state index contributed by atoms with van der Waals surface area (Å²) in [4.78, 5) is 11.4. The van der Waals surface area contributed by atoms with Gasteiger partial charge in [-0.05, 0) is 17.7 Å². The highest BCUT2D eigenvalue weighted by atomic mass is 32.2. The van der Waals surface area contributed by atoms with Crippen LogP contribution in [0.25, 0.3) is 0 Å². The Balaban J connectivity index is 2.67. The van der Waals surface area contributed by atoms with Crippen molar-refractivity contribution < 1.29 is 17.9 Å². The second-order valence-electron chi connectivity index (χ2n) is 3.44. The molecule has 2 rings (SSSR count). The van der Waals surface area contributed by atoms with Gasteiger partial charge in [0.05, 0.1) is 12.0 Å². The summed E-state index contributed by atoms with van der Waals surface area (Å²) in [5, 5.41) is 0. The first kappa shape index (κ1) is 11.7. The maximum atomic E-state index is 11.7. The minimum atomic E-state index is -3.79. The van der Waals surface area contributed by atoms with Crippen molar-refractivity contribution in [3.63, 3.8) is 0 Å². The SMILES string of the molecule is COC(=O)C1=NS(=O)(=O)c2ccc(CN)cc21. The Morgan fingerprint density at radius 1 is 1.47 bits per heavy atom. The monoisotopic (exact) mass is 254 g/mol. The number of hydrogen-bond donors (Lipinski definition) is 1. The molecule has 1 aliphatic rings. The Hall–Kier alpha value is -1.73. The number of nitrogens with two attached hydrogens (primary N) is 1. The van der Waals surface area contributed by atoms with Crippen molar-refractivity contribution >= 4 is 21.7 Å². The van der Waals surface area contributed by atoms with Gasteiger partial charge in [-0.15, -0.1) is 0 Å².